The Kier molecular flexibility index (Phi) is 4.21. The van der Waals surface area contributed by atoms with Crippen LogP contribution in [0.4, 0.5) is 0 Å². The maximum absolute atomic E-state index is 12.6. The van der Waals surface area contributed by atoms with Crippen molar-refractivity contribution in [3.63, 3.8) is 0 Å². The van der Waals surface area contributed by atoms with E-state index in [-0.39, 0.29) is 11.7 Å². The van der Waals surface area contributed by atoms with Gasteiger partial charge in [0.25, 0.3) is 0 Å². The minimum Gasteiger partial charge on any atom is -0.323 e. The zero-order valence-electron chi connectivity index (χ0n) is 13.1. The molecule has 1 amide bonds. The molecule has 19 heavy (non-hydrogen) atoms. The van der Waals surface area contributed by atoms with Crippen LogP contribution >= 0.6 is 0 Å². The smallest absolute Gasteiger partial charge is 0.244 e. The van der Waals surface area contributed by atoms with Gasteiger partial charge >= 0.3 is 0 Å². The molecular weight excluding hydrogens is 238 g/mol. The molecule has 4 heteroatoms. The topological polar surface area (TPSA) is 35.6 Å². The molecule has 4 nitrogen and oxygen atoms in total. The molecule has 1 saturated carbocycles. The highest BCUT2D eigenvalue weighted by Gasteiger charge is 2.59. The fourth-order valence-corrected chi connectivity index (χ4v) is 3.03. The number of nitrogens with zero attached hydrogens (tertiary/aromatic N) is 2. The van der Waals surface area contributed by atoms with E-state index in [1.807, 2.05) is 0 Å². The van der Waals surface area contributed by atoms with E-state index in [0.717, 1.165) is 32.2 Å². The van der Waals surface area contributed by atoms with Crippen LogP contribution in [0.15, 0.2) is 0 Å². The van der Waals surface area contributed by atoms with Crippen molar-refractivity contribution in [1.82, 2.24) is 15.1 Å². The van der Waals surface area contributed by atoms with E-state index in [4.69, 9.17) is 0 Å². The Labute approximate surface area is 117 Å². The summed E-state index contributed by atoms with van der Waals surface area (Å²) in [5.74, 6) is 0.965. The average Bonchev–Trinajstić information content (AvgIpc) is 3.01. The third-order valence-electron chi connectivity index (χ3n) is 4.34. The number of carbonyl (C=O) groups is 1. The highest BCUT2D eigenvalue weighted by molar-refractivity contribution is 5.92. The minimum absolute atomic E-state index is 0.175. The number of rotatable bonds is 6. The summed E-state index contributed by atoms with van der Waals surface area (Å²) in [6, 6.07) is 0.325. The lowest BCUT2D eigenvalue weighted by Gasteiger charge is -2.32. The van der Waals surface area contributed by atoms with E-state index >= 15 is 0 Å². The SMILES string of the molecule is CC(C)CC1NC2(CC2)C(=O)N1C(C)CCN(C)C. The van der Waals surface area contributed by atoms with Gasteiger partial charge in [0.05, 0.1) is 11.7 Å². The maximum Gasteiger partial charge on any atom is 0.244 e. The zero-order chi connectivity index (χ0) is 14.2. The predicted octanol–water partition coefficient (Wildman–Crippen LogP) is 1.66. The summed E-state index contributed by atoms with van der Waals surface area (Å²) in [4.78, 5) is 16.9. The molecule has 0 bridgehead atoms. The second-order valence-corrected chi connectivity index (χ2v) is 7.03. The lowest BCUT2D eigenvalue weighted by molar-refractivity contribution is -0.133. The largest absolute Gasteiger partial charge is 0.323 e. The van der Waals surface area contributed by atoms with Crippen molar-refractivity contribution >= 4 is 5.91 Å². The molecule has 1 N–H and O–H groups in total. The number of carbonyl (C=O) groups excluding carboxylic acids is 1. The second-order valence-electron chi connectivity index (χ2n) is 7.03. The fourth-order valence-electron chi connectivity index (χ4n) is 3.03. The van der Waals surface area contributed by atoms with Crippen molar-refractivity contribution in [1.29, 1.82) is 0 Å². The van der Waals surface area contributed by atoms with Gasteiger partial charge in [-0.1, -0.05) is 13.8 Å². The van der Waals surface area contributed by atoms with Gasteiger partial charge in [-0.15, -0.1) is 0 Å². The van der Waals surface area contributed by atoms with E-state index in [1.54, 1.807) is 0 Å². The average molecular weight is 267 g/mol. The summed E-state index contributed by atoms with van der Waals surface area (Å²) >= 11 is 0. The summed E-state index contributed by atoms with van der Waals surface area (Å²) in [6.45, 7) is 7.68. The standard InChI is InChI=1S/C15H29N3O/c1-11(2)10-13-16-15(7-8-15)14(19)18(13)12(3)6-9-17(4)5/h11-13,16H,6-10H2,1-5H3. The van der Waals surface area contributed by atoms with Gasteiger partial charge in [-0.3, -0.25) is 10.1 Å². The molecule has 0 aromatic rings. The van der Waals surface area contributed by atoms with Crippen LogP contribution in [0.5, 0.6) is 0 Å². The van der Waals surface area contributed by atoms with Crippen molar-refractivity contribution in [3.05, 3.63) is 0 Å². The van der Waals surface area contributed by atoms with Crippen molar-refractivity contribution < 1.29 is 4.79 Å². The summed E-state index contributed by atoms with van der Waals surface area (Å²) in [5, 5.41) is 3.60. The molecule has 2 aliphatic rings. The lowest BCUT2D eigenvalue weighted by Crippen LogP contribution is -2.44. The van der Waals surface area contributed by atoms with Gasteiger partial charge in [0, 0.05) is 6.04 Å². The Balaban J connectivity index is 2.03. The molecule has 0 aromatic carbocycles. The van der Waals surface area contributed by atoms with Gasteiger partial charge < -0.3 is 9.80 Å². The Morgan fingerprint density at radius 2 is 2.00 bits per heavy atom. The first-order chi connectivity index (χ1) is 8.85. The number of hydrogen-bond donors (Lipinski definition) is 1. The molecule has 2 unspecified atom stereocenters. The van der Waals surface area contributed by atoms with Gasteiger partial charge in [-0.25, -0.2) is 0 Å². The molecular formula is C15H29N3O. The van der Waals surface area contributed by atoms with Crippen LogP contribution < -0.4 is 5.32 Å². The summed E-state index contributed by atoms with van der Waals surface area (Å²) in [6.07, 6.45) is 4.40. The van der Waals surface area contributed by atoms with E-state index < -0.39 is 0 Å². The number of nitrogens with one attached hydrogen (secondary N) is 1. The molecule has 1 spiro atoms. The molecule has 1 aliphatic carbocycles. The molecule has 0 radical (unpaired) electrons. The second kappa shape index (κ2) is 5.41. The number of amides is 1. The number of hydrogen-bond acceptors (Lipinski definition) is 3. The van der Waals surface area contributed by atoms with Gasteiger partial charge in [0.15, 0.2) is 0 Å². The monoisotopic (exact) mass is 267 g/mol. The molecule has 2 atom stereocenters. The van der Waals surface area contributed by atoms with Gasteiger partial charge in [0.2, 0.25) is 5.91 Å². The van der Waals surface area contributed by atoms with E-state index in [0.29, 0.717) is 17.9 Å². The van der Waals surface area contributed by atoms with Crippen LogP contribution in [0.2, 0.25) is 0 Å². The van der Waals surface area contributed by atoms with Crippen LogP contribution in [-0.4, -0.2) is 54.1 Å². The normalized spacial score (nSPS) is 26.8. The van der Waals surface area contributed by atoms with Gasteiger partial charge in [-0.2, -0.15) is 0 Å². The first-order valence-corrected chi connectivity index (χ1v) is 7.61. The van der Waals surface area contributed by atoms with Crippen molar-refractivity contribution in [3.8, 4) is 0 Å². The maximum atomic E-state index is 12.6. The van der Waals surface area contributed by atoms with Crippen molar-refractivity contribution in [2.24, 2.45) is 5.92 Å². The van der Waals surface area contributed by atoms with Crippen molar-refractivity contribution in [2.45, 2.75) is 64.2 Å². The Hall–Kier alpha value is -0.610. The Bertz CT molecular complexity index is 336. The molecule has 0 aromatic heterocycles. The van der Waals surface area contributed by atoms with E-state index in [2.05, 4.69) is 50.0 Å². The molecule has 1 saturated heterocycles. The highest BCUT2D eigenvalue weighted by atomic mass is 16.2. The first-order valence-electron chi connectivity index (χ1n) is 7.61. The molecule has 1 heterocycles. The molecule has 2 rings (SSSR count). The summed E-state index contributed by atoms with van der Waals surface area (Å²) in [7, 11) is 4.18. The van der Waals surface area contributed by atoms with Crippen LogP contribution in [0, 0.1) is 5.92 Å². The summed E-state index contributed by atoms with van der Waals surface area (Å²) in [5.41, 5.74) is -0.175. The van der Waals surface area contributed by atoms with Gasteiger partial charge in [0.1, 0.15) is 0 Å². The zero-order valence-corrected chi connectivity index (χ0v) is 13.1. The van der Waals surface area contributed by atoms with Crippen molar-refractivity contribution in [2.75, 3.05) is 20.6 Å². The summed E-state index contributed by atoms with van der Waals surface area (Å²) < 4.78 is 0. The van der Waals surface area contributed by atoms with E-state index in [1.165, 1.54) is 0 Å². The first kappa shape index (κ1) is 14.8. The molecule has 110 valence electrons. The van der Waals surface area contributed by atoms with E-state index in [9.17, 15) is 4.79 Å². The van der Waals surface area contributed by atoms with Gasteiger partial charge in [-0.05, 0) is 59.2 Å². The third-order valence-corrected chi connectivity index (χ3v) is 4.34. The third kappa shape index (κ3) is 3.11. The predicted molar refractivity (Wildman–Crippen MR) is 77.8 cm³/mol. The quantitative estimate of drug-likeness (QED) is 0.795. The Morgan fingerprint density at radius 3 is 2.47 bits per heavy atom. The van der Waals surface area contributed by atoms with Crippen LogP contribution in [0.3, 0.4) is 0 Å². The molecule has 2 fully saturated rings. The molecule has 1 aliphatic heterocycles. The van der Waals surface area contributed by atoms with Crippen LogP contribution in [0.25, 0.3) is 0 Å². The fraction of sp³-hybridized carbons (Fsp3) is 0.933. The minimum atomic E-state index is -0.175. The van der Waals surface area contributed by atoms with Crippen LogP contribution in [0.1, 0.15) is 46.5 Å². The lowest BCUT2D eigenvalue weighted by atomic mass is 10.1. The highest BCUT2D eigenvalue weighted by Crippen LogP contribution is 2.43. The van der Waals surface area contributed by atoms with Crippen LogP contribution in [-0.2, 0) is 4.79 Å². The Morgan fingerprint density at radius 1 is 1.37 bits per heavy atom.